The molecule has 0 spiro atoms. The average Bonchev–Trinajstić information content (AvgIpc) is 3.13. The van der Waals surface area contributed by atoms with Crippen LogP contribution in [-0.4, -0.2) is 37.8 Å². The Morgan fingerprint density at radius 3 is 2.38 bits per heavy atom. The third-order valence-electron chi connectivity index (χ3n) is 5.49. The normalized spacial score (nSPS) is 12.5. The van der Waals surface area contributed by atoms with Crippen molar-refractivity contribution in [1.29, 1.82) is 0 Å². The fourth-order valence-corrected chi connectivity index (χ4v) is 4.54. The molecule has 0 radical (unpaired) electrons. The number of nitrogens with zero attached hydrogens (tertiary/aromatic N) is 3. The van der Waals surface area contributed by atoms with Crippen LogP contribution in [0.15, 0.2) is 48.5 Å². The van der Waals surface area contributed by atoms with Gasteiger partial charge >= 0.3 is 12.1 Å². The quantitative estimate of drug-likeness (QED) is 0.294. The first-order chi connectivity index (χ1) is 17.4. The van der Waals surface area contributed by atoms with E-state index in [0.717, 1.165) is 4.68 Å². The molecule has 2 N–H and O–H groups in total. The highest BCUT2D eigenvalue weighted by Gasteiger charge is 2.39. The van der Waals surface area contributed by atoms with Gasteiger partial charge in [-0.25, -0.2) is 9.78 Å². The Morgan fingerprint density at radius 1 is 1.08 bits per heavy atom. The number of halogens is 6. The predicted molar refractivity (Wildman–Crippen MR) is 133 cm³/mol. The molecule has 13 heteroatoms. The molecule has 37 heavy (non-hydrogen) atoms. The van der Waals surface area contributed by atoms with Crippen molar-refractivity contribution in [2.75, 3.05) is 0 Å². The number of carboxylic acid groups (broad SMARTS) is 1. The van der Waals surface area contributed by atoms with Crippen molar-refractivity contribution in [1.82, 2.24) is 20.1 Å². The van der Waals surface area contributed by atoms with Crippen molar-refractivity contribution in [2.24, 2.45) is 7.05 Å². The topological polar surface area (TPSA) is 97.1 Å². The fraction of sp³-hybridized carbons (Fsp3) is 0.167. The van der Waals surface area contributed by atoms with Gasteiger partial charge in [0.15, 0.2) is 5.69 Å². The molecular formula is C24H16Cl3F3N4O3. The van der Waals surface area contributed by atoms with E-state index in [1.165, 1.54) is 31.3 Å². The lowest BCUT2D eigenvalue weighted by molar-refractivity contribution is -0.141. The van der Waals surface area contributed by atoms with E-state index in [9.17, 15) is 27.9 Å². The summed E-state index contributed by atoms with van der Waals surface area (Å²) >= 11 is 18.2. The minimum absolute atomic E-state index is 0.0158. The van der Waals surface area contributed by atoms with Gasteiger partial charge in [0.05, 0.1) is 32.4 Å². The molecule has 7 nitrogen and oxygen atoms in total. The summed E-state index contributed by atoms with van der Waals surface area (Å²) in [6, 6.07) is 10.8. The number of hydrogen-bond acceptors (Lipinski definition) is 4. The van der Waals surface area contributed by atoms with Gasteiger partial charge in [-0.2, -0.15) is 18.3 Å². The lowest BCUT2D eigenvalue weighted by Crippen LogP contribution is -2.42. The molecule has 0 saturated carbocycles. The van der Waals surface area contributed by atoms with E-state index < -0.39 is 29.8 Å². The molecule has 0 saturated heterocycles. The molecule has 2 heterocycles. The molecule has 1 amide bonds. The Labute approximate surface area is 222 Å². The van der Waals surface area contributed by atoms with Crippen LogP contribution in [0.1, 0.15) is 21.6 Å². The van der Waals surface area contributed by atoms with Crippen molar-refractivity contribution in [3.05, 3.63) is 80.6 Å². The maximum Gasteiger partial charge on any atom is 0.435 e. The number of aromatic nitrogens is 3. The van der Waals surface area contributed by atoms with Gasteiger partial charge in [-0.1, -0.05) is 53.0 Å². The Bertz CT molecular complexity index is 1520. The Morgan fingerprint density at radius 2 is 1.76 bits per heavy atom. The van der Waals surface area contributed by atoms with Crippen LogP contribution in [0, 0.1) is 0 Å². The molecule has 192 valence electrons. The number of amides is 1. The van der Waals surface area contributed by atoms with Gasteiger partial charge in [0.2, 0.25) is 0 Å². The zero-order chi connectivity index (χ0) is 27.1. The van der Waals surface area contributed by atoms with E-state index in [4.69, 9.17) is 34.8 Å². The summed E-state index contributed by atoms with van der Waals surface area (Å²) in [5.41, 5.74) is -0.655. The van der Waals surface area contributed by atoms with Gasteiger partial charge in [0.25, 0.3) is 5.91 Å². The summed E-state index contributed by atoms with van der Waals surface area (Å²) in [6.07, 6.45) is -4.82. The number of carboxylic acids is 1. The van der Waals surface area contributed by atoms with E-state index >= 15 is 0 Å². The number of aryl methyl sites for hydroxylation is 1. The van der Waals surface area contributed by atoms with Gasteiger partial charge < -0.3 is 10.4 Å². The van der Waals surface area contributed by atoms with Gasteiger partial charge in [-0.15, -0.1) is 0 Å². The number of fused-ring (bicyclic) bond motifs is 1. The summed E-state index contributed by atoms with van der Waals surface area (Å²) in [6.45, 7) is 0. The molecular weight excluding hydrogens is 556 g/mol. The van der Waals surface area contributed by atoms with Crippen molar-refractivity contribution in [3.63, 3.8) is 0 Å². The number of pyridine rings is 1. The molecule has 4 rings (SSSR count). The highest BCUT2D eigenvalue weighted by Crippen LogP contribution is 2.40. The standard InChI is InChI=1S/C24H16Cl3F3N4O3/c1-34-21(27)19(20(33-34)24(28,29)30)16-8-6-12-9-11(5-7-15(12)31-16)10-17(23(36)37)32-22(35)18-13(25)3-2-4-14(18)26/h2-9,17H,10H2,1H3,(H,32,35)(H,36,37). The largest absolute Gasteiger partial charge is 0.480 e. The minimum Gasteiger partial charge on any atom is -0.480 e. The molecule has 0 fully saturated rings. The van der Waals surface area contributed by atoms with Crippen molar-refractivity contribution in [3.8, 4) is 11.3 Å². The minimum atomic E-state index is -4.73. The van der Waals surface area contributed by atoms with Crippen LogP contribution < -0.4 is 5.32 Å². The number of aliphatic carboxylic acids is 1. The Balaban J connectivity index is 1.62. The van der Waals surface area contributed by atoms with E-state index in [-0.39, 0.29) is 38.4 Å². The number of rotatable bonds is 6. The molecule has 0 aliphatic carbocycles. The zero-order valence-corrected chi connectivity index (χ0v) is 21.0. The highest BCUT2D eigenvalue weighted by atomic mass is 35.5. The van der Waals surface area contributed by atoms with Gasteiger partial charge in [0.1, 0.15) is 11.2 Å². The highest BCUT2D eigenvalue weighted by molar-refractivity contribution is 6.39. The van der Waals surface area contributed by atoms with Crippen molar-refractivity contribution in [2.45, 2.75) is 18.6 Å². The fourth-order valence-electron chi connectivity index (χ4n) is 3.75. The molecule has 1 unspecified atom stereocenters. The van der Waals surface area contributed by atoms with Crippen molar-refractivity contribution < 1.29 is 27.9 Å². The van der Waals surface area contributed by atoms with E-state index in [1.807, 2.05) is 0 Å². The smallest absolute Gasteiger partial charge is 0.435 e. The molecule has 2 aromatic carbocycles. The maximum atomic E-state index is 13.5. The van der Waals surface area contributed by atoms with Gasteiger partial charge in [-0.05, 0) is 35.9 Å². The van der Waals surface area contributed by atoms with E-state index in [1.54, 1.807) is 24.3 Å². The lowest BCUT2D eigenvalue weighted by Gasteiger charge is -2.16. The van der Waals surface area contributed by atoms with Crippen LogP contribution in [0.3, 0.4) is 0 Å². The van der Waals surface area contributed by atoms with E-state index in [2.05, 4.69) is 15.4 Å². The van der Waals surface area contributed by atoms with Crippen LogP contribution in [0.4, 0.5) is 13.2 Å². The monoisotopic (exact) mass is 570 g/mol. The molecule has 0 aliphatic heterocycles. The Hall–Kier alpha value is -3.34. The van der Waals surface area contributed by atoms with Crippen LogP contribution in [0.2, 0.25) is 15.2 Å². The molecule has 4 aromatic rings. The van der Waals surface area contributed by atoms with Crippen LogP contribution in [-0.2, 0) is 24.4 Å². The summed E-state index contributed by atoms with van der Waals surface area (Å²) in [4.78, 5) is 28.8. The zero-order valence-electron chi connectivity index (χ0n) is 18.8. The summed E-state index contributed by atoms with van der Waals surface area (Å²) in [5, 5.41) is 16.0. The van der Waals surface area contributed by atoms with Gasteiger partial charge in [0, 0.05) is 18.9 Å². The molecule has 0 aliphatic rings. The average molecular weight is 572 g/mol. The molecule has 1 atom stereocenters. The van der Waals surface area contributed by atoms with E-state index in [0.29, 0.717) is 16.5 Å². The summed E-state index contributed by atoms with van der Waals surface area (Å²) in [7, 11) is 1.30. The number of hydrogen-bond donors (Lipinski definition) is 2. The van der Waals surface area contributed by atoms with Crippen LogP contribution >= 0.6 is 34.8 Å². The van der Waals surface area contributed by atoms with Crippen LogP contribution in [0.25, 0.3) is 22.2 Å². The van der Waals surface area contributed by atoms with Gasteiger partial charge in [-0.3, -0.25) is 9.48 Å². The number of carbonyl (C=O) groups is 2. The first-order valence-electron chi connectivity index (χ1n) is 10.5. The molecule has 0 bridgehead atoms. The summed E-state index contributed by atoms with van der Waals surface area (Å²) < 4.78 is 41.3. The second-order valence-corrected chi connectivity index (χ2v) is 9.20. The lowest BCUT2D eigenvalue weighted by atomic mass is 10.0. The number of nitrogens with one attached hydrogen (secondary N) is 1. The predicted octanol–water partition coefficient (Wildman–Crippen LogP) is 6.04. The third-order valence-corrected chi connectivity index (χ3v) is 6.55. The number of carbonyl (C=O) groups excluding carboxylic acids is 1. The van der Waals surface area contributed by atoms with Crippen molar-refractivity contribution >= 4 is 57.6 Å². The third kappa shape index (κ3) is 5.51. The Kier molecular flexibility index (Phi) is 7.36. The second-order valence-electron chi connectivity index (χ2n) is 8.02. The first-order valence-corrected chi connectivity index (χ1v) is 11.7. The first kappa shape index (κ1) is 26.7. The number of alkyl halides is 3. The number of benzene rings is 2. The van der Waals surface area contributed by atoms with Crippen LogP contribution in [0.5, 0.6) is 0 Å². The summed E-state index contributed by atoms with van der Waals surface area (Å²) in [5.74, 6) is -2.03. The second kappa shape index (κ2) is 10.2. The maximum absolute atomic E-state index is 13.5. The molecule has 2 aromatic heterocycles. The SMILES string of the molecule is Cn1nc(C(F)(F)F)c(-c2ccc3cc(CC(NC(=O)c4c(Cl)cccc4Cl)C(=O)O)ccc3n2)c1Cl.